The molecule has 0 bridgehead atoms. The maximum Gasteiger partial charge on any atom is 0.157 e. The molecule has 0 amide bonds. The van der Waals surface area contributed by atoms with Gasteiger partial charge in [0, 0.05) is 17.1 Å². The minimum absolute atomic E-state index is 0.112. The molecule has 0 spiro atoms. The van der Waals surface area contributed by atoms with Crippen LogP contribution >= 0.6 is 0 Å². The summed E-state index contributed by atoms with van der Waals surface area (Å²) in [6.45, 7) is 4.21. The lowest BCUT2D eigenvalue weighted by atomic mass is 9.81. The van der Waals surface area contributed by atoms with Gasteiger partial charge in [-0.05, 0) is 12.8 Å². The Morgan fingerprint density at radius 2 is 1.78 bits per heavy atom. The molecule has 0 saturated heterocycles. The second kappa shape index (κ2) is 4.97. The summed E-state index contributed by atoms with van der Waals surface area (Å²) >= 11 is 0. The molecule has 2 heteroatoms. The van der Waals surface area contributed by atoms with Gasteiger partial charge in [-0.15, -0.1) is 0 Å². The van der Waals surface area contributed by atoms with Gasteiger partial charge in [0.15, 0.2) is 6.10 Å². The third-order valence-electron chi connectivity index (χ3n) is 4.03. The molecule has 1 aliphatic carbocycles. The van der Waals surface area contributed by atoms with Crippen LogP contribution in [-0.4, -0.2) is 11.8 Å². The zero-order chi connectivity index (χ0) is 12.4. The molecule has 1 saturated carbocycles. The molecule has 1 atom stereocenters. The van der Waals surface area contributed by atoms with Gasteiger partial charge in [-0.1, -0.05) is 61.3 Å². The topological polar surface area (TPSA) is 21.6 Å². The molecular weight excluding hydrogens is 222 g/mol. The van der Waals surface area contributed by atoms with E-state index in [1.807, 2.05) is 18.2 Å². The molecule has 1 aromatic rings. The Morgan fingerprint density at radius 3 is 2.50 bits per heavy atom. The highest BCUT2D eigenvalue weighted by molar-refractivity contribution is 6.13. The summed E-state index contributed by atoms with van der Waals surface area (Å²) in [6, 6.07) is 10.2. The first-order chi connectivity index (χ1) is 8.86. The van der Waals surface area contributed by atoms with Gasteiger partial charge in [0.05, 0.1) is 0 Å². The first kappa shape index (κ1) is 11.5. The lowest BCUT2D eigenvalue weighted by Gasteiger charge is -2.26. The van der Waals surface area contributed by atoms with Crippen LogP contribution in [0.4, 0.5) is 0 Å². The molecule has 1 unspecified atom stereocenters. The Bertz CT molecular complexity index is 457. The van der Waals surface area contributed by atoms with Gasteiger partial charge in [-0.25, -0.2) is 0 Å². The Hall–Kier alpha value is -1.57. The lowest BCUT2D eigenvalue weighted by molar-refractivity contribution is 0.0458. The van der Waals surface area contributed by atoms with Crippen LogP contribution in [-0.2, 0) is 4.84 Å². The molecule has 2 aliphatic rings. The van der Waals surface area contributed by atoms with Gasteiger partial charge in [-0.2, -0.15) is 0 Å². The van der Waals surface area contributed by atoms with Crippen molar-refractivity contribution in [3.05, 3.63) is 48.0 Å². The Balaban J connectivity index is 1.75. The van der Waals surface area contributed by atoms with Crippen molar-refractivity contribution in [3.8, 4) is 0 Å². The summed E-state index contributed by atoms with van der Waals surface area (Å²) in [6.07, 6.45) is 6.61. The first-order valence-electron chi connectivity index (χ1n) is 6.84. The van der Waals surface area contributed by atoms with Gasteiger partial charge < -0.3 is 4.84 Å². The molecule has 1 heterocycles. The number of hydrogen-bond acceptors (Lipinski definition) is 2. The van der Waals surface area contributed by atoms with Crippen LogP contribution in [0.3, 0.4) is 0 Å². The van der Waals surface area contributed by atoms with E-state index < -0.39 is 0 Å². The summed E-state index contributed by atoms with van der Waals surface area (Å²) in [5.41, 5.74) is 3.11. The molecule has 0 N–H and O–H groups in total. The van der Waals surface area contributed by atoms with Crippen molar-refractivity contribution in [3.63, 3.8) is 0 Å². The number of rotatable bonds is 2. The minimum atomic E-state index is 0.112. The average Bonchev–Trinajstić information content (AvgIpc) is 2.83. The van der Waals surface area contributed by atoms with E-state index in [9.17, 15) is 0 Å². The Labute approximate surface area is 108 Å². The molecule has 3 rings (SSSR count). The highest BCUT2D eigenvalue weighted by Gasteiger charge is 2.34. The van der Waals surface area contributed by atoms with Crippen molar-refractivity contribution >= 4 is 5.71 Å². The SMILES string of the molecule is C=C1C(c2ccccc2)=NOC1C1CCCCC1. The van der Waals surface area contributed by atoms with Crippen LogP contribution in [0, 0.1) is 5.92 Å². The summed E-state index contributed by atoms with van der Waals surface area (Å²) in [5.74, 6) is 0.608. The van der Waals surface area contributed by atoms with Crippen molar-refractivity contribution in [1.29, 1.82) is 0 Å². The third kappa shape index (κ3) is 2.07. The standard InChI is InChI=1S/C16H19NO/c1-12-15(13-8-4-2-5-9-13)17-18-16(12)14-10-6-3-7-11-14/h2,4-5,8-9,14,16H,1,3,6-7,10-11H2. The van der Waals surface area contributed by atoms with E-state index in [4.69, 9.17) is 4.84 Å². The van der Waals surface area contributed by atoms with Crippen LogP contribution in [0.25, 0.3) is 0 Å². The van der Waals surface area contributed by atoms with E-state index in [0.717, 1.165) is 16.8 Å². The predicted octanol–water partition coefficient (Wildman–Crippen LogP) is 3.93. The molecule has 0 radical (unpaired) electrons. The summed E-state index contributed by atoms with van der Waals surface area (Å²) in [5, 5.41) is 4.26. The molecule has 94 valence electrons. The molecular formula is C16H19NO. The van der Waals surface area contributed by atoms with Crippen molar-refractivity contribution in [2.75, 3.05) is 0 Å². The van der Waals surface area contributed by atoms with Gasteiger partial charge in [0.2, 0.25) is 0 Å². The van der Waals surface area contributed by atoms with E-state index in [2.05, 4.69) is 23.9 Å². The predicted molar refractivity (Wildman–Crippen MR) is 73.6 cm³/mol. The van der Waals surface area contributed by atoms with Crippen LogP contribution in [0.15, 0.2) is 47.6 Å². The molecule has 1 fully saturated rings. The fourth-order valence-electron chi connectivity index (χ4n) is 3.01. The number of oxime groups is 1. The maximum absolute atomic E-state index is 5.66. The highest BCUT2D eigenvalue weighted by atomic mass is 16.6. The fourth-order valence-corrected chi connectivity index (χ4v) is 3.01. The lowest BCUT2D eigenvalue weighted by Crippen LogP contribution is -2.25. The second-order valence-electron chi connectivity index (χ2n) is 5.26. The number of benzene rings is 1. The summed E-state index contributed by atoms with van der Waals surface area (Å²) < 4.78 is 0. The first-order valence-corrected chi connectivity index (χ1v) is 6.84. The van der Waals surface area contributed by atoms with E-state index >= 15 is 0 Å². The quantitative estimate of drug-likeness (QED) is 0.769. The van der Waals surface area contributed by atoms with Crippen LogP contribution < -0.4 is 0 Å². The van der Waals surface area contributed by atoms with Gasteiger partial charge in [0.1, 0.15) is 5.71 Å². The van der Waals surface area contributed by atoms with Crippen molar-refractivity contribution in [1.82, 2.24) is 0 Å². The summed E-state index contributed by atoms with van der Waals surface area (Å²) in [4.78, 5) is 5.66. The van der Waals surface area contributed by atoms with E-state index in [1.165, 1.54) is 32.1 Å². The molecule has 1 aromatic carbocycles. The second-order valence-corrected chi connectivity index (χ2v) is 5.26. The van der Waals surface area contributed by atoms with E-state index in [1.54, 1.807) is 0 Å². The Morgan fingerprint density at radius 1 is 1.06 bits per heavy atom. The highest BCUT2D eigenvalue weighted by Crippen LogP contribution is 2.34. The minimum Gasteiger partial charge on any atom is -0.387 e. The van der Waals surface area contributed by atoms with Gasteiger partial charge in [0.25, 0.3) is 0 Å². The van der Waals surface area contributed by atoms with Crippen molar-refractivity contribution in [2.24, 2.45) is 11.1 Å². The molecule has 2 nitrogen and oxygen atoms in total. The zero-order valence-corrected chi connectivity index (χ0v) is 10.6. The monoisotopic (exact) mass is 241 g/mol. The van der Waals surface area contributed by atoms with Crippen LogP contribution in [0.5, 0.6) is 0 Å². The van der Waals surface area contributed by atoms with Crippen LogP contribution in [0.1, 0.15) is 37.7 Å². The average molecular weight is 241 g/mol. The summed E-state index contributed by atoms with van der Waals surface area (Å²) in [7, 11) is 0. The van der Waals surface area contributed by atoms with Gasteiger partial charge >= 0.3 is 0 Å². The third-order valence-corrected chi connectivity index (χ3v) is 4.03. The van der Waals surface area contributed by atoms with Gasteiger partial charge in [-0.3, -0.25) is 0 Å². The number of hydrogen-bond donors (Lipinski definition) is 0. The van der Waals surface area contributed by atoms with Crippen molar-refractivity contribution < 1.29 is 4.84 Å². The molecule has 0 aromatic heterocycles. The molecule has 1 aliphatic heterocycles. The van der Waals surface area contributed by atoms with E-state index in [-0.39, 0.29) is 6.10 Å². The fraction of sp³-hybridized carbons (Fsp3) is 0.438. The maximum atomic E-state index is 5.66. The van der Waals surface area contributed by atoms with Crippen LogP contribution in [0.2, 0.25) is 0 Å². The van der Waals surface area contributed by atoms with Crippen molar-refractivity contribution in [2.45, 2.75) is 38.2 Å². The largest absolute Gasteiger partial charge is 0.387 e. The normalized spacial score (nSPS) is 24.8. The number of nitrogens with zero attached hydrogens (tertiary/aromatic N) is 1. The Kier molecular flexibility index (Phi) is 3.18. The molecule has 18 heavy (non-hydrogen) atoms. The smallest absolute Gasteiger partial charge is 0.157 e. The zero-order valence-electron chi connectivity index (χ0n) is 10.6. The van der Waals surface area contributed by atoms with E-state index in [0.29, 0.717) is 5.92 Å².